The summed E-state index contributed by atoms with van der Waals surface area (Å²) in [6, 6.07) is 5.02. The Labute approximate surface area is 116 Å². The van der Waals surface area contributed by atoms with E-state index in [1.165, 1.54) is 57.3 Å². The summed E-state index contributed by atoms with van der Waals surface area (Å²) in [4.78, 5) is 6.99. The Morgan fingerprint density at radius 1 is 1.26 bits per heavy atom. The Kier molecular flexibility index (Phi) is 3.90. The van der Waals surface area contributed by atoms with E-state index < -0.39 is 0 Å². The van der Waals surface area contributed by atoms with E-state index in [-0.39, 0.29) is 0 Å². The summed E-state index contributed by atoms with van der Waals surface area (Å²) >= 11 is 0. The molecule has 3 rings (SSSR count). The van der Waals surface area contributed by atoms with Crippen LogP contribution in [0.15, 0.2) is 18.3 Å². The predicted octanol–water partition coefficient (Wildman–Crippen LogP) is 3.67. The van der Waals surface area contributed by atoms with Crippen LogP contribution >= 0.6 is 0 Å². The molecule has 2 aliphatic rings. The maximum absolute atomic E-state index is 4.61. The summed E-state index contributed by atoms with van der Waals surface area (Å²) < 4.78 is 0. The lowest BCUT2D eigenvalue weighted by atomic mass is 10.1. The van der Waals surface area contributed by atoms with Gasteiger partial charge in [-0.25, -0.2) is 4.98 Å². The van der Waals surface area contributed by atoms with Gasteiger partial charge in [0.05, 0.1) is 11.9 Å². The molecule has 1 saturated carbocycles. The van der Waals surface area contributed by atoms with Gasteiger partial charge in [-0.05, 0) is 50.2 Å². The first kappa shape index (κ1) is 12.8. The second-order valence-corrected chi connectivity index (χ2v) is 6.03. The number of rotatable bonds is 4. The Balaban J connectivity index is 1.57. The molecule has 1 aromatic heterocycles. The molecule has 19 heavy (non-hydrogen) atoms. The minimum absolute atomic E-state index is 0.657. The third-order valence-corrected chi connectivity index (χ3v) is 4.67. The van der Waals surface area contributed by atoms with Crippen LogP contribution in [0.5, 0.6) is 0 Å². The molecule has 2 fully saturated rings. The van der Waals surface area contributed by atoms with Gasteiger partial charge >= 0.3 is 0 Å². The van der Waals surface area contributed by atoms with Crippen molar-refractivity contribution in [3.8, 4) is 0 Å². The number of hydrogen-bond donors (Lipinski definition) is 1. The van der Waals surface area contributed by atoms with Crippen molar-refractivity contribution in [2.45, 2.75) is 51.5 Å². The number of nitrogens with zero attached hydrogens (tertiary/aromatic N) is 2. The van der Waals surface area contributed by atoms with Gasteiger partial charge in [0, 0.05) is 19.1 Å². The predicted molar refractivity (Wildman–Crippen MR) is 80.7 cm³/mol. The lowest BCUT2D eigenvalue weighted by molar-refractivity contribution is 0.525. The van der Waals surface area contributed by atoms with E-state index in [2.05, 4.69) is 34.3 Å². The van der Waals surface area contributed by atoms with Crippen LogP contribution in [-0.4, -0.2) is 24.1 Å². The topological polar surface area (TPSA) is 28.2 Å². The molecule has 1 aliphatic heterocycles. The Bertz CT molecular complexity index is 395. The van der Waals surface area contributed by atoms with Gasteiger partial charge in [-0.3, -0.25) is 0 Å². The Morgan fingerprint density at radius 2 is 2.11 bits per heavy atom. The molecule has 1 aromatic rings. The van der Waals surface area contributed by atoms with Crippen molar-refractivity contribution in [3.05, 3.63) is 18.3 Å². The summed E-state index contributed by atoms with van der Waals surface area (Å²) in [5.41, 5.74) is 1.18. The minimum Gasteiger partial charge on any atom is -0.381 e. The number of anilines is 2. The summed E-state index contributed by atoms with van der Waals surface area (Å²) in [7, 11) is 0. The fourth-order valence-corrected chi connectivity index (χ4v) is 3.42. The average Bonchev–Trinajstić information content (AvgIpc) is 3.10. The van der Waals surface area contributed by atoms with E-state index in [1.54, 1.807) is 0 Å². The van der Waals surface area contributed by atoms with E-state index in [9.17, 15) is 0 Å². The lowest BCUT2D eigenvalue weighted by Gasteiger charge is -2.18. The van der Waals surface area contributed by atoms with Crippen molar-refractivity contribution in [3.63, 3.8) is 0 Å². The molecular weight excluding hydrogens is 234 g/mol. The molecule has 0 bridgehead atoms. The third-order valence-electron chi connectivity index (χ3n) is 4.67. The molecule has 2 atom stereocenters. The summed E-state index contributed by atoms with van der Waals surface area (Å²) in [5.74, 6) is 2.07. The second kappa shape index (κ2) is 5.81. The quantitative estimate of drug-likeness (QED) is 0.894. The first-order valence-corrected chi connectivity index (χ1v) is 7.82. The molecule has 0 aromatic carbocycles. The van der Waals surface area contributed by atoms with Crippen LogP contribution in [0.25, 0.3) is 0 Å². The van der Waals surface area contributed by atoms with Crippen LogP contribution in [0.2, 0.25) is 0 Å². The third kappa shape index (κ3) is 3.02. The number of nitrogens with one attached hydrogen (secondary N) is 1. The van der Waals surface area contributed by atoms with E-state index in [4.69, 9.17) is 0 Å². The van der Waals surface area contributed by atoms with Crippen LogP contribution in [0.3, 0.4) is 0 Å². The van der Waals surface area contributed by atoms with Gasteiger partial charge in [0.2, 0.25) is 0 Å². The summed E-state index contributed by atoms with van der Waals surface area (Å²) in [6.45, 7) is 4.64. The molecule has 1 aliphatic carbocycles. The molecular formula is C16H25N3. The zero-order valence-electron chi connectivity index (χ0n) is 11.9. The van der Waals surface area contributed by atoms with E-state index in [1.807, 2.05) is 6.20 Å². The standard InChI is InChI=1S/C16H25N3/c1-2-13-5-6-14(11-13)18-15-7-8-16(17-12-15)19-9-3-4-10-19/h7-8,12-14,18H,2-6,9-11H2,1H3. The molecule has 0 amide bonds. The van der Waals surface area contributed by atoms with Crippen molar-refractivity contribution in [1.29, 1.82) is 0 Å². The molecule has 1 N–H and O–H groups in total. The zero-order valence-corrected chi connectivity index (χ0v) is 11.9. The van der Waals surface area contributed by atoms with Crippen LogP contribution in [0, 0.1) is 5.92 Å². The molecule has 1 saturated heterocycles. The second-order valence-electron chi connectivity index (χ2n) is 6.03. The van der Waals surface area contributed by atoms with E-state index in [0.717, 1.165) is 11.7 Å². The molecule has 104 valence electrons. The van der Waals surface area contributed by atoms with Crippen molar-refractivity contribution in [1.82, 2.24) is 4.98 Å². The van der Waals surface area contributed by atoms with Gasteiger partial charge in [-0.15, -0.1) is 0 Å². The smallest absolute Gasteiger partial charge is 0.128 e. The summed E-state index contributed by atoms with van der Waals surface area (Å²) in [5, 5.41) is 3.64. The highest BCUT2D eigenvalue weighted by Crippen LogP contribution is 2.30. The molecule has 3 heteroatoms. The average molecular weight is 259 g/mol. The van der Waals surface area contributed by atoms with Crippen molar-refractivity contribution in [2.24, 2.45) is 5.92 Å². The minimum atomic E-state index is 0.657. The zero-order chi connectivity index (χ0) is 13.1. The number of pyridine rings is 1. The van der Waals surface area contributed by atoms with Crippen LogP contribution < -0.4 is 10.2 Å². The Morgan fingerprint density at radius 3 is 2.74 bits per heavy atom. The van der Waals surface area contributed by atoms with Crippen molar-refractivity contribution in [2.75, 3.05) is 23.3 Å². The van der Waals surface area contributed by atoms with Crippen molar-refractivity contribution >= 4 is 11.5 Å². The maximum atomic E-state index is 4.61. The van der Waals surface area contributed by atoms with Gasteiger partial charge in [-0.1, -0.05) is 13.3 Å². The number of aromatic nitrogens is 1. The van der Waals surface area contributed by atoms with Crippen molar-refractivity contribution < 1.29 is 0 Å². The fraction of sp³-hybridized carbons (Fsp3) is 0.688. The molecule has 2 heterocycles. The maximum Gasteiger partial charge on any atom is 0.128 e. The monoisotopic (exact) mass is 259 g/mol. The van der Waals surface area contributed by atoms with Gasteiger partial charge in [0.1, 0.15) is 5.82 Å². The first-order valence-electron chi connectivity index (χ1n) is 7.82. The number of hydrogen-bond acceptors (Lipinski definition) is 3. The first-order chi connectivity index (χ1) is 9.35. The van der Waals surface area contributed by atoms with Crippen LogP contribution in [-0.2, 0) is 0 Å². The SMILES string of the molecule is CCC1CCC(Nc2ccc(N3CCCC3)nc2)C1. The molecule has 3 nitrogen and oxygen atoms in total. The van der Waals surface area contributed by atoms with Gasteiger partial charge in [-0.2, -0.15) is 0 Å². The highest BCUT2D eigenvalue weighted by atomic mass is 15.2. The Hall–Kier alpha value is -1.25. The molecule has 0 radical (unpaired) electrons. The molecule has 2 unspecified atom stereocenters. The van der Waals surface area contributed by atoms with Crippen LogP contribution in [0.1, 0.15) is 45.4 Å². The largest absolute Gasteiger partial charge is 0.381 e. The van der Waals surface area contributed by atoms with Gasteiger partial charge < -0.3 is 10.2 Å². The highest BCUT2D eigenvalue weighted by Gasteiger charge is 2.23. The normalized spacial score (nSPS) is 26.9. The van der Waals surface area contributed by atoms with Gasteiger partial charge in [0.15, 0.2) is 0 Å². The molecule has 0 spiro atoms. The fourth-order valence-electron chi connectivity index (χ4n) is 3.42. The lowest BCUT2D eigenvalue weighted by Crippen LogP contribution is -2.19. The van der Waals surface area contributed by atoms with Gasteiger partial charge in [0.25, 0.3) is 0 Å². The highest BCUT2D eigenvalue weighted by molar-refractivity contribution is 5.49. The summed E-state index contributed by atoms with van der Waals surface area (Å²) in [6.07, 6.45) is 9.96. The van der Waals surface area contributed by atoms with E-state index >= 15 is 0 Å². The van der Waals surface area contributed by atoms with Crippen LogP contribution in [0.4, 0.5) is 11.5 Å². The van der Waals surface area contributed by atoms with E-state index in [0.29, 0.717) is 6.04 Å².